The van der Waals surface area contributed by atoms with Crippen molar-refractivity contribution in [2.24, 2.45) is 5.10 Å². The minimum Gasteiger partial charge on any atom is -0.493 e. The average Bonchev–Trinajstić information content (AvgIpc) is 3.21. The van der Waals surface area contributed by atoms with Gasteiger partial charge in [-0.2, -0.15) is 5.10 Å². The van der Waals surface area contributed by atoms with Crippen LogP contribution in [-0.2, 0) is 10.5 Å². The zero-order valence-electron chi connectivity index (χ0n) is 16.1. The number of carbonyl (C=O) groups excluding carboxylic acids is 1. The Labute approximate surface area is 192 Å². The molecule has 6 nitrogen and oxygen atoms in total. The Morgan fingerprint density at radius 3 is 2.70 bits per heavy atom. The standard InChI is InChI=1S/C20H19ClN4O2S3/c1-2-27-17-10-6-4-7-14(17)11-22-23-18(26)13-29-20-25-24-19(30-20)28-12-15-8-3-5-9-16(15)21/h3-11H,2,12-13H2,1H3,(H,23,26)/b22-11-. The van der Waals surface area contributed by atoms with Gasteiger partial charge in [-0.25, -0.2) is 5.43 Å². The molecule has 0 spiro atoms. The molecule has 0 aliphatic carbocycles. The van der Waals surface area contributed by atoms with Crippen LogP contribution in [0.1, 0.15) is 18.1 Å². The van der Waals surface area contributed by atoms with E-state index < -0.39 is 0 Å². The summed E-state index contributed by atoms with van der Waals surface area (Å²) in [7, 11) is 0. The second-order valence-corrected chi connectivity index (χ2v) is 9.60. The number of para-hydroxylation sites is 1. The number of aromatic nitrogens is 2. The largest absolute Gasteiger partial charge is 0.493 e. The molecular weight excluding hydrogens is 460 g/mol. The van der Waals surface area contributed by atoms with Crippen LogP contribution >= 0.6 is 46.5 Å². The van der Waals surface area contributed by atoms with Crippen molar-refractivity contribution in [1.82, 2.24) is 15.6 Å². The SMILES string of the molecule is CCOc1ccccc1/C=N\NC(=O)CSc1nnc(SCc2ccccc2Cl)s1. The first-order chi connectivity index (χ1) is 14.7. The molecule has 0 saturated heterocycles. The van der Waals surface area contributed by atoms with Gasteiger partial charge >= 0.3 is 0 Å². The fourth-order valence-electron chi connectivity index (χ4n) is 2.28. The second kappa shape index (κ2) is 11.9. The third kappa shape index (κ3) is 7.02. The first-order valence-electron chi connectivity index (χ1n) is 9.02. The van der Waals surface area contributed by atoms with Crippen LogP contribution in [0.5, 0.6) is 5.75 Å². The molecule has 1 heterocycles. The zero-order valence-corrected chi connectivity index (χ0v) is 19.3. The summed E-state index contributed by atoms with van der Waals surface area (Å²) in [5.41, 5.74) is 4.38. The highest BCUT2D eigenvalue weighted by molar-refractivity contribution is 8.03. The van der Waals surface area contributed by atoms with Gasteiger partial charge in [0.25, 0.3) is 5.91 Å². The number of hydrazone groups is 1. The van der Waals surface area contributed by atoms with E-state index in [4.69, 9.17) is 16.3 Å². The summed E-state index contributed by atoms with van der Waals surface area (Å²) in [6.07, 6.45) is 1.57. The minimum atomic E-state index is -0.217. The first-order valence-corrected chi connectivity index (χ1v) is 12.2. The lowest BCUT2D eigenvalue weighted by Gasteiger charge is -2.05. The van der Waals surface area contributed by atoms with E-state index in [2.05, 4.69) is 20.7 Å². The Hall–Kier alpha value is -2.07. The van der Waals surface area contributed by atoms with Crippen molar-refractivity contribution in [2.45, 2.75) is 21.4 Å². The van der Waals surface area contributed by atoms with Gasteiger partial charge < -0.3 is 4.74 Å². The van der Waals surface area contributed by atoms with Crippen molar-refractivity contribution in [3.05, 3.63) is 64.7 Å². The topological polar surface area (TPSA) is 76.5 Å². The fourth-order valence-corrected chi connectivity index (χ4v) is 5.37. The molecule has 0 aliphatic heterocycles. The van der Waals surface area contributed by atoms with Crippen molar-refractivity contribution in [3.8, 4) is 5.75 Å². The summed E-state index contributed by atoms with van der Waals surface area (Å²) in [5, 5.41) is 13.0. The Kier molecular flexibility index (Phi) is 9.00. The Bertz CT molecular complexity index is 1010. The summed E-state index contributed by atoms with van der Waals surface area (Å²) >= 11 is 10.5. The third-order valence-electron chi connectivity index (χ3n) is 3.64. The fraction of sp³-hybridized carbons (Fsp3) is 0.200. The number of hydrogen-bond acceptors (Lipinski definition) is 8. The van der Waals surface area contributed by atoms with E-state index in [0.717, 1.165) is 36.3 Å². The average molecular weight is 479 g/mol. The van der Waals surface area contributed by atoms with Gasteiger partial charge in [-0.3, -0.25) is 4.79 Å². The van der Waals surface area contributed by atoms with E-state index in [9.17, 15) is 4.79 Å². The van der Waals surface area contributed by atoms with Crippen molar-refractivity contribution in [3.63, 3.8) is 0 Å². The van der Waals surface area contributed by atoms with E-state index in [0.29, 0.717) is 6.61 Å². The van der Waals surface area contributed by atoms with Crippen molar-refractivity contribution < 1.29 is 9.53 Å². The Morgan fingerprint density at radius 1 is 1.17 bits per heavy atom. The van der Waals surface area contributed by atoms with Gasteiger partial charge in [0, 0.05) is 16.3 Å². The van der Waals surface area contributed by atoms with Crippen LogP contribution in [-0.4, -0.2) is 34.7 Å². The summed E-state index contributed by atoms with van der Waals surface area (Å²) in [6, 6.07) is 15.2. The molecule has 1 aromatic heterocycles. The summed E-state index contributed by atoms with van der Waals surface area (Å²) in [6.45, 7) is 2.48. The maximum atomic E-state index is 12.0. The molecule has 1 amide bonds. The van der Waals surface area contributed by atoms with Crippen LogP contribution < -0.4 is 10.2 Å². The molecule has 0 fully saturated rings. The molecule has 30 heavy (non-hydrogen) atoms. The maximum absolute atomic E-state index is 12.0. The number of hydrogen-bond donors (Lipinski definition) is 1. The molecule has 0 atom stereocenters. The second-order valence-electron chi connectivity index (χ2n) is 5.77. The zero-order chi connectivity index (χ0) is 21.2. The molecule has 0 radical (unpaired) electrons. The molecule has 0 aliphatic rings. The van der Waals surface area contributed by atoms with E-state index in [-0.39, 0.29) is 11.7 Å². The lowest BCUT2D eigenvalue weighted by atomic mass is 10.2. The quantitative estimate of drug-likeness (QED) is 0.247. The molecule has 0 saturated carbocycles. The number of carbonyl (C=O) groups is 1. The van der Waals surface area contributed by atoms with E-state index in [1.54, 1.807) is 18.0 Å². The Morgan fingerprint density at radius 2 is 1.90 bits per heavy atom. The molecule has 0 bridgehead atoms. The van der Waals surface area contributed by atoms with E-state index >= 15 is 0 Å². The molecule has 156 valence electrons. The number of rotatable bonds is 10. The number of ether oxygens (including phenoxy) is 1. The monoisotopic (exact) mass is 478 g/mol. The van der Waals surface area contributed by atoms with Crippen molar-refractivity contribution >= 4 is 58.6 Å². The van der Waals surface area contributed by atoms with Gasteiger partial charge in [-0.05, 0) is 30.7 Å². The number of nitrogens with one attached hydrogen (secondary N) is 1. The first kappa shape index (κ1) is 22.6. The van der Waals surface area contributed by atoms with Crippen molar-refractivity contribution in [1.29, 1.82) is 0 Å². The lowest BCUT2D eigenvalue weighted by Crippen LogP contribution is -2.19. The van der Waals surface area contributed by atoms with Gasteiger partial charge in [0.1, 0.15) is 5.75 Å². The number of nitrogens with zero attached hydrogens (tertiary/aromatic N) is 3. The lowest BCUT2D eigenvalue weighted by molar-refractivity contribution is -0.118. The number of thioether (sulfide) groups is 2. The highest BCUT2D eigenvalue weighted by Gasteiger charge is 2.09. The van der Waals surface area contributed by atoms with Gasteiger partial charge in [0.05, 0.1) is 18.6 Å². The highest BCUT2D eigenvalue weighted by atomic mass is 35.5. The Balaban J connectivity index is 1.44. The summed E-state index contributed by atoms with van der Waals surface area (Å²) in [5.74, 6) is 1.43. The number of amides is 1. The van der Waals surface area contributed by atoms with Crippen LogP contribution in [0.4, 0.5) is 0 Å². The molecule has 1 N–H and O–H groups in total. The molecular formula is C20H19ClN4O2S3. The van der Waals surface area contributed by atoms with Crippen LogP contribution in [0.15, 0.2) is 62.3 Å². The summed E-state index contributed by atoms with van der Waals surface area (Å²) < 4.78 is 7.10. The van der Waals surface area contributed by atoms with Crippen LogP contribution in [0.2, 0.25) is 5.02 Å². The van der Waals surface area contributed by atoms with Crippen LogP contribution in [0.25, 0.3) is 0 Å². The van der Waals surface area contributed by atoms with E-state index in [1.807, 2.05) is 55.5 Å². The predicted octanol–water partition coefficient (Wildman–Crippen LogP) is 5.12. The van der Waals surface area contributed by atoms with Gasteiger partial charge in [-0.1, -0.05) is 76.8 Å². The smallest absolute Gasteiger partial charge is 0.250 e. The number of benzene rings is 2. The summed E-state index contributed by atoms with van der Waals surface area (Å²) in [4.78, 5) is 12.0. The predicted molar refractivity (Wildman–Crippen MR) is 125 cm³/mol. The third-order valence-corrected chi connectivity index (χ3v) is 7.24. The molecule has 3 aromatic rings. The molecule has 2 aromatic carbocycles. The minimum absolute atomic E-state index is 0.203. The van der Waals surface area contributed by atoms with Crippen molar-refractivity contribution in [2.75, 3.05) is 12.4 Å². The van der Waals surface area contributed by atoms with Gasteiger partial charge in [0.2, 0.25) is 0 Å². The molecule has 10 heteroatoms. The maximum Gasteiger partial charge on any atom is 0.250 e. The van der Waals surface area contributed by atoms with E-state index in [1.165, 1.54) is 23.1 Å². The highest BCUT2D eigenvalue weighted by Crippen LogP contribution is 2.32. The molecule has 3 rings (SSSR count). The number of halogens is 1. The van der Waals surface area contributed by atoms with Crippen LogP contribution in [0.3, 0.4) is 0 Å². The normalized spacial score (nSPS) is 11.0. The molecule has 0 unspecified atom stereocenters. The van der Waals surface area contributed by atoms with Crippen LogP contribution in [0, 0.1) is 0 Å². The van der Waals surface area contributed by atoms with Gasteiger partial charge in [-0.15, -0.1) is 10.2 Å². The van der Waals surface area contributed by atoms with Gasteiger partial charge in [0.15, 0.2) is 8.68 Å².